The highest BCUT2D eigenvalue weighted by atomic mass is 32.2. The lowest BCUT2D eigenvalue weighted by Gasteiger charge is -2.04. The lowest BCUT2D eigenvalue weighted by atomic mass is 10.2. The number of allylic oxidation sites excluding steroid dienone is 5. The van der Waals surface area contributed by atoms with E-state index in [9.17, 15) is 4.39 Å². The molecule has 0 unspecified atom stereocenters. The van der Waals surface area contributed by atoms with Crippen molar-refractivity contribution < 1.29 is 4.39 Å². The fourth-order valence-electron chi connectivity index (χ4n) is 1.36. The molecule has 0 aliphatic rings. The lowest BCUT2D eigenvalue weighted by molar-refractivity contribution is 0.601. The molecule has 0 saturated heterocycles. The standard InChI is InChI=1S/C16H19FS/c1-4-5-6-7-8-14(3)12-18-16-10-9-13(2)11-15(16)17/h4-11H,12H2,1-3H3/b5-4+,7-6-,14-8+. The first-order valence-corrected chi connectivity index (χ1v) is 6.96. The van der Waals surface area contributed by atoms with Gasteiger partial charge >= 0.3 is 0 Å². The first kappa shape index (κ1) is 14.8. The van der Waals surface area contributed by atoms with Crippen molar-refractivity contribution in [1.29, 1.82) is 0 Å². The molecule has 0 radical (unpaired) electrons. The zero-order valence-corrected chi connectivity index (χ0v) is 11.9. The normalized spacial score (nSPS) is 12.8. The van der Waals surface area contributed by atoms with E-state index in [4.69, 9.17) is 0 Å². The Morgan fingerprint density at radius 1 is 1.28 bits per heavy atom. The Balaban J connectivity index is 2.54. The fraction of sp³-hybridized carbons (Fsp3) is 0.250. The van der Waals surface area contributed by atoms with E-state index in [-0.39, 0.29) is 5.82 Å². The van der Waals surface area contributed by atoms with Crippen molar-refractivity contribution in [1.82, 2.24) is 0 Å². The molecule has 1 rings (SSSR count). The summed E-state index contributed by atoms with van der Waals surface area (Å²) in [7, 11) is 0. The quantitative estimate of drug-likeness (QED) is 0.512. The van der Waals surface area contributed by atoms with Gasteiger partial charge in [0.1, 0.15) is 5.82 Å². The monoisotopic (exact) mass is 262 g/mol. The second kappa shape index (κ2) is 7.93. The van der Waals surface area contributed by atoms with E-state index in [0.29, 0.717) is 4.90 Å². The van der Waals surface area contributed by atoms with Crippen molar-refractivity contribution in [3.8, 4) is 0 Å². The van der Waals surface area contributed by atoms with Gasteiger partial charge in [-0.3, -0.25) is 0 Å². The highest BCUT2D eigenvalue weighted by molar-refractivity contribution is 7.99. The van der Waals surface area contributed by atoms with Crippen LogP contribution in [0.2, 0.25) is 0 Å². The zero-order valence-electron chi connectivity index (χ0n) is 11.1. The summed E-state index contributed by atoms with van der Waals surface area (Å²) in [4.78, 5) is 0.714. The van der Waals surface area contributed by atoms with E-state index < -0.39 is 0 Å². The minimum atomic E-state index is -0.128. The van der Waals surface area contributed by atoms with Crippen molar-refractivity contribution in [2.24, 2.45) is 0 Å². The summed E-state index contributed by atoms with van der Waals surface area (Å²) < 4.78 is 13.6. The summed E-state index contributed by atoms with van der Waals surface area (Å²) in [6, 6.07) is 5.36. The number of halogens is 1. The Labute approximate surface area is 113 Å². The van der Waals surface area contributed by atoms with Crippen LogP contribution in [0, 0.1) is 12.7 Å². The maximum atomic E-state index is 13.6. The summed E-state index contributed by atoms with van der Waals surface area (Å²) in [6.45, 7) is 5.94. The van der Waals surface area contributed by atoms with E-state index >= 15 is 0 Å². The highest BCUT2D eigenvalue weighted by Crippen LogP contribution is 2.24. The third kappa shape index (κ3) is 5.37. The Bertz CT molecular complexity index is 470. The number of thioether (sulfide) groups is 1. The smallest absolute Gasteiger partial charge is 0.137 e. The van der Waals surface area contributed by atoms with E-state index in [0.717, 1.165) is 11.3 Å². The van der Waals surface area contributed by atoms with Crippen LogP contribution in [0.3, 0.4) is 0 Å². The molecule has 0 N–H and O–H groups in total. The van der Waals surface area contributed by atoms with Gasteiger partial charge in [0.05, 0.1) is 0 Å². The van der Waals surface area contributed by atoms with Gasteiger partial charge in [0, 0.05) is 10.6 Å². The first-order chi connectivity index (χ1) is 8.63. The van der Waals surface area contributed by atoms with Crippen LogP contribution in [-0.2, 0) is 0 Å². The van der Waals surface area contributed by atoms with E-state index in [1.807, 2.05) is 50.3 Å². The molecule has 18 heavy (non-hydrogen) atoms. The predicted molar refractivity (Wildman–Crippen MR) is 79.6 cm³/mol. The van der Waals surface area contributed by atoms with Gasteiger partial charge in [0.15, 0.2) is 0 Å². The lowest BCUT2D eigenvalue weighted by Crippen LogP contribution is -1.86. The molecule has 0 atom stereocenters. The molecule has 0 nitrogen and oxygen atoms in total. The minimum absolute atomic E-state index is 0.128. The number of aryl methyl sites for hydroxylation is 1. The van der Waals surface area contributed by atoms with Gasteiger partial charge in [-0.25, -0.2) is 4.39 Å². The van der Waals surface area contributed by atoms with Crippen LogP contribution in [0.25, 0.3) is 0 Å². The topological polar surface area (TPSA) is 0 Å². The largest absolute Gasteiger partial charge is 0.206 e. The number of hydrogen-bond donors (Lipinski definition) is 0. The molecule has 0 bridgehead atoms. The molecule has 96 valence electrons. The van der Waals surface area contributed by atoms with Gasteiger partial charge in [0.25, 0.3) is 0 Å². The van der Waals surface area contributed by atoms with Gasteiger partial charge < -0.3 is 0 Å². The number of rotatable bonds is 5. The Morgan fingerprint density at radius 2 is 2.06 bits per heavy atom. The minimum Gasteiger partial charge on any atom is -0.206 e. The summed E-state index contributed by atoms with van der Waals surface area (Å²) in [5.41, 5.74) is 2.18. The van der Waals surface area contributed by atoms with E-state index in [2.05, 4.69) is 13.0 Å². The molecule has 0 fully saturated rings. The van der Waals surface area contributed by atoms with Crippen molar-refractivity contribution >= 4 is 11.8 Å². The summed E-state index contributed by atoms with van der Waals surface area (Å²) in [5.74, 6) is 0.678. The highest BCUT2D eigenvalue weighted by Gasteiger charge is 2.02. The van der Waals surface area contributed by atoms with Crippen LogP contribution in [0.4, 0.5) is 4.39 Å². The van der Waals surface area contributed by atoms with E-state index in [1.54, 1.807) is 6.07 Å². The zero-order chi connectivity index (χ0) is 13.4. The summed E-state index contributed by atoms with van der Waals surface area (Å²) in [6.07, 6.45) is 10.0. The van der Waals surface area contributed by atoms with Crippen LogP contribution in [0.5, 0.6) is 0 Å². The Kier molecular flexibility index (Phi) is 6.51. The molecule has 0 aromatic heterocycles. The second-order valence-electron chi connectivity index (χ2n) is 4.15. The third-order valence-corrected chi connectivity index (χ3v) is 3.58. The average molecular weight is 262 g/mol. The number of benzene rings is 1. The number of hydrogen-bond acceptors (Lipinski definition) is 1. The van der Waals surface area contributed by atoms with Crippen LogP contribution < -0.4 is 0 Å². The van der Waals surface area contributed by atoms with Crippen molar-refractivity contribution in [2.75, 3.05) is 5.75 Å². The van der Waals surface area contributed by atoms with Crippen molar-refractivity contribution in [2.45, 2.75) is 25.7 Å². The summed E-state index contributed by atoms with van der Waals surface area (Å²) in [5, 5.41) is 0. The molecule has 0 spiro atoms. The maximum absolute atomic E-state index is 13.6. The molecule has 0 heterocycles. The molecular formula is C16H19FS. The molecule has 1 aromatic carbocycles. The van der Waals surface area contributed by atoms with Gasteiger partial charge in [-0.15, -0.1) is 11.8 Å². The first-order valence-electron chi connectivity index (χ1n) is 5.97. The summed E-state index contributed by atoms with van der Waals surface area (Å²) >= 11 is 1.53. The molecule has 0 saturated carbocycles. The fourth-order valence-corrected chi connectivity index (χ4v) is 2.20. The van der Waals surface area contributed by atoms with E-state index in [1.165, 1.54) is 17.3 Å². The van der Waals surface area contributed by atoms with Gasteiger partial charge in [-0.2, -0.15) is 0 Å². The van der Waals surface area contributed by atoms with Crippen molar-refractivity contribution in [3.05, 3.63) is 65.5 Å². The van der Waals surface area contributed by atoms with Gasteiger partial charge in [-0.05, 0) is 38.5 Å². The molecule has 0 amide bonds. The van der Waals surface area contributed by atoms with Crippen LogP contribution in [0.1, 0.15) is 19.4 Å². The maximum Gasteiger partial charge on any atom is 0.137 e. The second-order valence-corrected chi connectivity index (χ2v) is 5.16. The molecule has 2 heteroatoms. The van der Waals surface area contributed by atoms with Gasteiger partial charge in [0.2, 0.25) is 0 Å². The Morgan fingerprint density at radius 3 is 2.72 bits per heavy atom. The Hall–Kier alpha value is -1.28. The van der Waals surface area contributed by atoms with Crippen LogP contribution in [0.15, 0.2) is 59.0 Å². The molecule has 0 aliphatic heterocycles. The molecule has 0 aliphatic carbocycles. The van der Waals surface area contributed by atoms with Gasteiger partial charge in [-0.1, -0.05) is 42.0 Å². The average Bonchev–Trinajstić information content (AvgIpc) is 2.33. The molecule has 1 aromatic rings. The third-order valence-electron chi connectivity index (χ3n) is 2.34. The van der Waals surface area contributed by atoms with Crippen molar-refractivity contribution in [3.63, 3.8) is 0 Å². The molecular weight excluding hydrogens is 243 g/mol. The SMILES string of the molecule is C/C=C/C=C\C=C(/C)CSc1ccc(C)cc1F. The van der Waals surface area contributed by atoms with Crippen LogP contribution in [-0.4, -0.2) is 5.75 Å². The predicted octanol–water partition coefficient (Wildman–Crippen LogP) is 5.30. The van der Waals surface area contributed by atoms with Crippen LogP contribution >= 0.6 is 11.8 Å².